The summed E-state index contributed by atoms with van der Waals surface area (Å²) in [5, 5.41) is 13.3. The fourth-order valence-corrected chi connectivity index (χ4v) is 2.23. The van der Waals surface area contributed by atoms with Gasteiger partial charge in [-0.3, -0.25) is 4.79 Å². The molecule has 0 unspecified atom stereocenters. The van der Waals surface area contributed by atoms with Crippen molar-refractivity contribution in [3.05, 3.63) is 65.7 Å². The summed E-state index contributed by atoms with van der Waals surface area (Å²) in [7, 11) is 0. The van der Waals surface area contributed by atoms with Crippen LogP contribution in [0.25, 0.3) is 5.69 Å². The van der Waals surface area contributed by atoms with Crippen molar-refractivity contribution in [1.82, 2.24) is 20.2 Å². The van der Waals surface area contributed by atoms with E-state index in [1.165, 1.54) is 24.0 Å². The number of aromatic nitrogens is 4. The minimum absolute atomic E-state index is 0.271. The monoisotopic (exact) mass is 369 g/mol. The van der Waals surface area contributed by atoms with Crippen molar-refractivity contribution >= 4 is 17.6 Å². The largest absolute Gasteiger partial charge is 0.449 e. The van der Waals surface area contributed by atoms with Crippen molar-refractivity contribution in [2.75, 3.05) is 5.32 Å². The number of hydrogen-bond donors (Lipinski definition) is 1. The van der Waals surface area contributed by atoms with Gasteiger partial charge in [-0.15, -0.1) is 5.10 Å². The Morgan fingerprint density at radius 1 is 1.19 bits per heavy atom. The third-order valence-corrected chi connectivity index (χ3v) is 3.81. The number of esters is 1. The Morgan fingerprint density at radius 2 is 1.93 bits per heavy atom. The lowest BCUT2D eigenvalue weighted by Crippen LogP contribution is -2.30. The number of nitrogens with one attached hydrogen (secondary N) is 1. The number of aryl methyl sites for hydroxylation is 1. The van der Waals surface area contributed by atoms with Crippen LogP contribution in [-0.4, -0.2) is 38.2 Å². The minimum Gasteiger partial charge on any atom is -0.449 e. The molecule has 0 spiro atoms. The smallest absolute Gasteiger partial charge is 0.338 e. The first kappa shape index (κ1) is 18.2. The van der Waals surface area contributed by atoms with Gasteiger partial charge in [-0.1, -0.05) is 6.07 Å². The summed E-state index contributed by atoms with van der Waals surface area (Å²) in [6.45, 7) is 3.06. The number of carbonyl (C=O) groups excluding carboxylic acids is 2. The van der Waals surface area contributed by atoms with E-state index in [4.69, 9.17) is 4.74 Å². The van der Waals surface area contributed by atoms with E-state index in [2.05, 4.69) is 20.8 Å². The van der Waals surface area contributed by atoms with Gasteiger partial charge in [0.15, 0.2) is 6.10 Å². The first-order valence-electron chi connectivity index (χ1n) is 8.05. The van der Waals surface area contributed by atoms with Gasteiger partial charge < -0.3 is 10.1 Å². The van der Waals surface area contributed by atoms with Crippen LogP contribution in [0, 0.1) is 12.7 Å². The van der Waals surface area contributed by atoms with Crippen LogP contribution in [0.15, 0.2) is 48.8 Å². The predicted molar refractivity (Wildman–Crippen MR) is 93.8 cm³/mol. The van der Waals surface area contributed by atoms with Crippen molar-refractivity contribution < 1.29 is 18.7 Å². The van der Waals surface area contributed by atoms with E-state index < -0.39 is 23.8 Å². The summed E-state index contributed by atoms with van der Waals surface area (Å²) in [5.74, 6) is -1.65. The van der Waals surface area contributed by atoms with E-state index in [9.17, 15) is 14.0 Å². The molecular weight excluding hydrogens is 353 g/mol. The van der Waals surface area contributed by atoms with E-state index in [1.54, 1.807) is 43.3 Å². The lowest BCUT2D eigenvalue weighted by molar-refractivity contribution is -0.123. The van der Waals surface area contributed by atoms with Gasteiger partial charge in [0.1, 0.15) is 12.1 Å². The molecule has 0 aliphatic heterocycles. The number of carbonyl (C=O) groups is 2. The van der Waals surface area contributed by atoms with Gasteiger partial charge in [0.25, 0.3) is 5.91 Å². The highest BCUT2D eigenvalue weighted by Crippen LogP contribution is 2.15. The van der Waals surface area contributed by atoms with Crippen LogP contribution in [-0.2, 0) is 9.53 Å². The number of amides is 1. The van der Waals surface area contributed by atoms with Gasteiger partial charge in [0, 0.05) is 5.69 Å². The average molecular weight is 369 g/mol. The number of benzene rings is 2. The maximum Gasteiger partial charge on any atom is 0.338 e. The molecule has 138 valence electrons. The first-order chi connectivity index (χ1) is 12.9. The number of anilines is 1. The van der Waals surface area contributed by atoms with Gasteiger partial charge >= 0.3 is 5.97 Å². The summed E-state index contributed by atoms with van der Waals surface area (Å²) in [4.78, 5) is 24.3. The third-order valence-electron chi connectivity index (χ3n) is 3.81. The topological polar surface area (TPSA) is 99.0 Å². The molecule has 1 heterocycles. The molecule has 0 fully saturated rings. The van der Waals surface area contributed by atoms with Gasteiger partial charge in [-0.05, 0) is 66.2 Å². The molecule has 0 aliphatic rings. The molecule has 8 nitrogen and oxygen atoms in total. The molecule has 1 N–H and O–H groups in total. The van der Waals surface area contributed by atoms with Crippen LogP contribution in [0.5, 0.6) is 0 Å². The molecule has 2 aromatic carbocycles. The molecule has 3 rings (SSSR count). The standard InChI is InChI=1S/C18H16FN5O3/c1-11-3-6-14(9-16(11)19)21-17(25)12(2)27-18(26)13-4-7-15(8-5-13)24-10-20-22-23-24/h3-10,12H,1-2H3,(H,21,25)/t12-/m1/s1. The summed E-state index contributed by atoms with van der Waals surface area (Å²) >= 11 is 0. The van der Waals surface area contributed by atoms with E-state index in [1.807, 2.05) is 0 Å². The van der Waals surface area contributed by atoms with Gasteiger partial charge in [-0.25, -0.2) is 13.9 Å². The highest BCUT2D eigenvalue weighted by atomic mass is 19.1. The van der Waals surface area contributed by atoms with Crippen molar-refractivity contribution in [2.45, 2.75) is 20.0 Å². The Labute approximate surface area is 154 Å². The number of nitrogens with zero attached hydrogens (tertiary/aromatic N) is 4. The summed E-state index contributed by atoms with van der Waals surface area (Å²) in [6, 6.07) is 10.7. The minimum atomic E-state index is -1.05. The predicted octanol–water partition coefficient (Wildman–Crippen LogP) is 2.29. The van der Waals surface area contributed by atoms with Crippen LogP contribution in [0.1, 0.15) is 22.8 Å². The van der Waals surface area contributed by atoms with Gasteiger partial charge in [0.2, 0.25) is 0 Å². The highest BCUT2D eigenvalue weighted by Gasteiger charge is 2.19. The van der Waals surface area contributed by atoms with Crippen LogP contribution in [0.2, 0.25) is 0 Å². The molecule has 0 saturated heterocycles. The van der Waals surface area contributed by atoms with Crippen LogP contribution in [0.3, 0.4) is 0 Å². The fourth-order valence-electron chi connectivity index (χ4n) is 2.23. The van der Waals surface area contributed by atoms with E-state index >= 15 is 0 Å². The van der Waals surface area contributed by atoms with Crippen LogP contribution < -0.4 is 5.32 Å². The molecule has 1 aromatic heterocycles. The van der Waals surface area contributed by atoms with Crippen molar-refractivity contribution in [3.63, 3.8) is 0 Å². The maximum atomic E-state index is 13.5. The number of hydrogen-bond acceptors (Lipinski definition) is 6. The maximum absolute atomic E-state index is 13.5. The Bertz CT molecular complexity index is 958. The molecule has 3 aromatic rings. The van der Waals surface area contributed by atoms with E-state index in [0.29, 0.717) is 11.3 Å². The highest BCUT2D eigenvalue weighted by molar-refractivity contribution is 5.97. The Balaban J connectivity index is 1.61. The summed E-state index contributed by atoms with van der Waals surface area (Å²) < 4.78 is 20.1. The second-order valence-electron chi connectivity index (χ2n) is 5.80. The molecule has 9 heteroatoms. The molecule has 0 saturated carbocycles. The quantitative estimate of drug-likeness (QED) is 0.693. The number of halogens is 1. The van der Waals surface area contributed by atoms with Gasteiger partial charge in [0.05, 0.1) is 11.3 Å². The lowest BCUT2D eigenvalue weighted by atomic mass is 10.2. The Hall–Kier alpha value is -3.62. The third kappa shape index (κ3) is 4.32. The molecule has 27 heavy (non-hydrogen) atoms. The summed E-state index contributed by atoms with van der Waals surface area (Å²) in [5.41, 5.74) is 1.70. The zero-order valence-corrected chi connectivity index (χ0v) is 14.6. The zero-order valence-electron chi connectivity index (χ0n) is 14.6. The number of ether oxygens (including phenoxy) is 1. The second kappa shape index (κ2) is 7.73. The first-order valence-corrected chi connectivity index (χ1v) is 8.05. The second-order valence-corrected chi connectivity index (χ2v) is 5.80. The Kier molecular flexibility index (Phi) is 5.20. The zero-order chi connectivity index (χ0) is 19.4. The van der Waals surface area contributed by atoms with Crippen molar-refractivity contribution in [2.24, 2.45) is 0 Å². The SMILES string of the molecule is Cc1ccc(NC(=O)[C@@H](C)OC(=O)c2ccc(-n3cnnn3)cc2)cc1F. The fraction of sp³-hybridized carbons (Fsp3) is 0.167. The summed E-state index contributed by atoms with van der Waals surface area (Å²) in [6.07, 6.45) is 0.370. The molecular formula is C18H16FN5O3. The molecule has 1 atom stereocenters. The van der Waals surface area contributed by atoms with Gasteiger partial charge in [-0.2, -0.15) is 0 Å². The number of tetrazole rings is 1. The molecule has 0 bridgehead atoms. The normalized spacial score (nSPS) is 11.7. The average Bonchev–Trinajstić information content (AvgIpc) is 3.19. The molecule has 0 radical (unpaired) electrons. The number of rotatable bonds is 5. The Morgan fingerprint density at radius 3 is 2.56 bits per heavy atom. The van der Waals surface area contributed by atoms with E-state index in [0.717, 1.165) is 0 Å². The lowest BCUT2D eigenvalue weighted by Gasteiger charge is -2.14. The van der Waals surface area contributed by atoms with E-state index in [-0.39, 0.29) is 11.3 Å². The van der Waals surface area contributed by atoms with Crippen molar-refractivity contribution in [3.8, 4) is 5.69 Å². The van der Waals surface area contributed by atoms with Crippen LogP contribution >= 0.6 is 0 Å². The van der Waals surface area contributed by atoms with Crippen LogP contribution in [0.4, 0.5) is 10.1 Å². The molecule has 1 amide bonds. The van der Waals surface area contributed by atoms with Crippen molar-refractivity contribution in [1.29, 1.82) is 0 Å². The molecule has 0 aliphatic carbocycles.